The minimum Gasteiger partial charge on any atom is -0.381 e. The third-order valence-electron chi connectivity index (χ3n) is 5.41. The van der Waals surface area contributed by atoms with Gasteiger partial charge in [0, 0.05) is 23.5 Å². The number of ether oxygens (including phenoxy) is 1. The molecule has 7 heteroatoms. The number of carbonyl (C=O) groups excluding carboxylic acids is 2. The molecule has 0 radical (unpaired) electrons. The zero-order valence-corrected chi connectivity index (χ0v) is 16.9. The van der Waals surface area contributed by atoms with Crippen LogP contribution < -0.4 is 10.6 Å². The quantitative estimate of drug-likeness (QED) is 0.846. The summed E-state index contributed by atoms with van der Waals surface area (Å²) in [6.45, 7) is 8.88. The topological polar surface area (TPSA) is 80.3 Å². The first kappa shape index (κ1) is 19.3. The van der Waals surface area contributed by atoms with E-state index in [1.165, 1.54) is 4.88 Å². The molecule has 0 saturated carbocycles. The Bertz CT molecular complexity index is 687. The number of hydrogen-bond donors (Lipinski definition) is 2. The van der Waals surface area contributed by atoms with Crippen molar-refractivity contribution in [3.63, 3.8) is 0 Å². The van der Waals surface area contributed by atoms with Gasteiger partial charge in [-0.05, 0) is 44.4 Å². The highest BCUT2D eigenvalue weighted by molar-refractivity contribution is 7.15. The van der Waals surface area contributed by atoms with Gasteiger partial charge in [-0.3, -0.25) is 9.59 Å². The lowest BCUT2D eigenvalue weighted by Gasteiger charge is -2.39. The van der Waals surface area contributed by atoms with Gasteiger partial charge in [-0.15, -0.1) is 11.3 Å². The Morgan fingerprint density at radius 3 is 2.58 bits per heavy atom. The fraction of sp³-hybridized carbons (Fsp3) is 0.737. The molecule has 1 unspecified atom stereocenters. The van der Waals surface area contributed by atoms with Crippen LogP contribution in [0.2, 0.25) is 0 Å². The highest BCUT2D eigenvalue weighted by atomic mass is 32.1. The monoisotopic (exact) mass is 379 g/mol. The Kier molecular flexibility index (Phi) is 5.40. The molecule has 1 aromatic heterocycles. The van der Waals surface area contributed by atoms with Crippen LogP contribution in [0.5, 0.6) is 0 Å². The number of carbonyl (C=O) groups is 2. The van der Waals surface area contributed by atoms with Gasteiger partial charge in [0.05, 0.1) is 5.69 Å². The third kappa shape index (κ3) is 4.26. The highest BCUT2D eigenvalue weighted by Gasteiger charge is 2.37. The molecular formula is C19H29N3O3S. The van der Waals surface area contributed by atoms with Crippen LogP contribution in [0.1, 0.15) is 57.5 Å². The second kappa shape index (κ2) is 7.27. The molecule has 26 heavy (non-hydrogen) atoms. The van der Waals surface area contributed by atoms with Crippen molar-refractivity contribution in [1.29, 1.82) is 0 Å². The Morgan fingerprint density at radius 1 is 1.23 bits per heavy atom. The largest absolute Gasteiger partial charge is 0.381 e. The summed E-state index contributed by atoms with van der Waals surface area (Å²) in [5.41, 5.74) is 0.952. The number of amides is 2. The molecule has 2 amide bonds. The number of nitrogens with one attached hydrogen (secondary N) is 2. The van der Waals surface area contributed by atoms with Crippen molar-refractivity contribution in [2.45, 2.75) is 65.8 Å². The van der Waals surface area contributed by atoms with Crippen molar-refractivity contribution in [2.75, 3.05) is 18.5 Å². The summed E-state index contributed by atoms with van der Waals surface area (Å²) in [5, 5.41) is 6.28. The van der Waals surface area contributed by atoms with E-state index in [1.54, 1.807) is 18.3 Å². The van der Waals surface area contributed by atoms with Gasteiger partial charge in [-0.2, -0.15) is 0 Å². The Labute approximate surface area is 159 Å². The first-order valence-corrected chi connectivity index (χ1v) is 10.2. The number of anilines is 1. The van der Waals surface area contributed by atoms with Crippen molar-refractivity contribution in [3.8, 4) is 0 Å². The maximum Gasteiger partial charge on any atom is 0.248 e. The lowest BCUT2D eigenvalue weighted by Crippen LogP contribution is -2.46. The molecule has 2 aliphatic rings. The average Bonchev–Trinajstić information content (AvgIpc) is 2.95. The van der Waals surface area contributed by atoms with Gasteiger partial charge in [-0.25, -0.2) is 4.98 Å². The highest BCUT2D eigenvalue weighted by Crippen LogP contribution is 2.45. The zero-order valence-electron chi connectivity index (χ0n) is 16.1. The molecule has 2 N–H and O–H groups in total. The minimum atomic E-state index is -0.593. The first-order valence-electron chi connectivity index (χ1n) is 9.37. The number of thiazole rings is 1. The molecule has 0 bridgehead atoms. The van der Waals surface area contributed by atoms with Crippen LogP contribution in [0.25, 0.3) is 0 Å². The number of nitrogens with zero attached hydrogens (tertiary/aromatic N) is 1. The smallest absolute Gasteiger partial charge is 0.248 e. The van der Waals surface area contributed by atoms with Crippen molar-refractivity contribution >= 4 is 28.3 Å². The SMILES string of the molecule is CC(NC(=O)C(C)(C)C)C(=O)Nc1nc2c(s1)CC1(CCOCC1)CC2. The summed E-state index contributed by atoms with van der Waals surface area (Å²) in [5.74, 6) is -0.366. The van der Waals surface area contributed by atoms with Gasteiger partial charge in [0.25, 0.3) is 0 Å². The van der Waals surface area contributed by atoms with Gasteiger partial charge in [0.1, 0.15) is 6.04 Å². The molecule has 1 aromatic rings. The van der Waals surface area contributed by atoms with Crippen LogP contribution >= 0.6 is 11.3 Å². The van der Waals surface area contributed by atoms with Gasteiger partial charge < -0.3 is 15.4 Å². The average molecular weight is 380 g/mol. The van der Waals surface area contributed by atoms with Crippen molar-refractivity contribution < 1.29 is 14.3 Å². The number of hydrogen-bond acceptors (Lipinski definition) is 5. The Hall–Kier alpha value is -1.47. The van der Waals surface area contributed by atoms with Gasteiger partial charge >= 0.3 is 0 Å². The van der Waals surface area contributed by atoms with Crippen LogP contribution in [0.4, 0.5) is 5.13 Å². The Morgan fingerprint density at radius 2 is 1.92 bits per heavy atom. The van der Waals surface area contributed by atoms with E-state index in [4.69, 9.17) is 4.74 Å². The summed E-state index contributed by atoms with van der Waals surface area (Å²) in [4.78, 5) is 30.4. The van der Waals surface area contributed by atoms with E-state index >= 15 is 0 Å². The Balaban J connectivity index is 1.61. The second-order valence-electron chi connectivity index (χ2n) is 8.61. The minimum absolute atomic E-state index is 0.139. The molecule has 144 valence electrons. The summed E-state index contributed by atoms with van der Waals surface area (Å²) >= 11 is 1.58. The van der Waals surface area contributed by atoms with Crippen LogP contribution in [-0.2, 0) is 27.2 Å². The summed E-state index contributed by atoms with van der Waals surface area (Å²) < 4.78 is 5.52. The number of fused-ring (bicyclic) bond motifs is 1. The van der Waals surface area contributed by atoms with Crippen molar-refractivity contribution in [2.24, 2.45) is 10.8 Å². The normalized spacial score (nSPS) is 20.3. The molecule has 1 fully saturated rings. The molecule has 1 spiro atoms. The fourth-order valence-electron chi connectivity index (χ4n) is 3.51. The molecule has 1 aliphatic heterocycles. The van der Waals surface area contributed by atoms with E-state index < -0.39 is 11.5 Å². The maximum atomic E-state index is 12.4. The molecular weight excluding hydrogens is 350 g/mol. The van der Waals surface area contributed by atoms with Gasteiger partial charge in [0.2, 0.25) is 11.8 Å². The van der Waals surface area contributed by atoms with E-state index in [0.717, 1.165) is 51.0 Å². The van der Waals surface area contributed by atoms with E-state index in [9.17, 15) is 9.59 Å². The van der Waals surface area contributed by atoms with E-state index in [2.05, 4.69) is 15.6 Å². The summed E-state index contributed by atoms with van der Waals surface area (Å²) in [6.07, 6.45) is 5.38. The van der Waals surface area contributed by atoms with Crippen LogP contribution in [0.15, 0.2) is 0 Å². The molecule has 1 atom stereocenters. The fourth-order valence-corrected chi connectivity index (χ4v) is 4.69. The van der Waals surface area contributed by atoms with Crippen molar-refractivity contribution in [1.82, 2.24) is 10.3 Å². The van der Waals surface area contributed by atoms with Gasteiger partial charge in [0.15, 0.2) is 5.13 Å². The molecule has 0 aromatic carbocycles. The lowest BCUT2D eigenvalue weighted by molar-refractivity contribution is -0.131. The standard InChI is InChI=1S/C19H29N3O3S/c1-12(20-16(24)18(2,3)4)15(23)22-17-21-13-5-6-19(11-14(13)26-17)7-9-25-10-8-19/h12H,5-11H2,1-4H3,(H,20,24)(H,21,22,23). The molecule has 6 nitrogen and oxygen atoms in total. The number of rotatable bonds is 3. The molecule has 1 saturated heterocycles. The molecule has 1 aliphatic carbocycles. The zero-order chi connectivity index (χ0) is 18.9. The van der Waals surface area contributed by atoms with Crippen LogP contribution in [0, 0.1) is 10.8 Å². The van der Waals surface area contributed by atoms with Crippen LogP contribution in [-0.4, -0.2) is 36.1 Å². The maximum absolute atomic E-state index is 12.4. The van der Waals surface area contributed by atoms with E-state index in [-0.39, 0.29) is 11.8 Å². The summed E-state index contributed by atoms with van der Waals surface area (Å²) in [6, 6.07) is -0.593. The van der Waals surface area contributed by atoms with Crippen molar-refractivity contribution in [3.05, 3.63) is 10.6 Å². The second-order valence-corrected chi connectivity index (χ2v) is 9.70. The molecule has 2 heterocycles. The third-order valence-corrected chi connectivity index (χ3v) is 6.42. The number of aryl methyl sites for hydroxylation is 1. The predicted molar refractivity (Wildman–Crippen MR) is 102 cm³/mol. The number of aromatic nitrogens is 1. The predicted octanol–water partition coefficient (Wildman–Crippen LogP) is 2.92. The molecule has 3 rings (SSSR count). The van der Waals surface area contributed by atoms with E-state index in [0.29, 0.717) is 10.5 Å². The lowest BCUT2D eigenvalue weighted by atomic mass is 9.70. The van der Waals surface area contributed by atoms with E-state index in [1.807, 2.05) is 20.8 Å². The van der Waals surface area contributed by atoms with Gasteiger partial charge in [-0.1, -0.05) is 20.8 Å². The summed E-state index contributed by atoms with van der Waals surface area (Å²) in [7, 11) is 0. The van der Waals surface area contributed by atoms with Crippen LogP contribution in [0.3, 0.4) is 0 Å². The first-order chi connectivity index (χ1) is 12.2.